The van der Waals surface area contributed by atoms with E-state index in [9.17, 15) is 9.90 Å². The minimum Gasteiger partial charge on any atom is -0.454 e. The second-order valence-electron chi connectivity index (χ2n) is 8.46. The van der Waals surface area contributed by atoms with Crippen molar-refractivity contribution in [2.24, 2.45) is 5.92 Å². The van der Waals surface area contributed by atoms with Crippen LogP contribution in [0.25, 0.3) is 10.2 Å². The predicted octanol–water partition coefficient (Wildman–Crippen LogP) is 3.20. The van der Waals surface area contributed by atoms with Gasteiger partial charge in [-0.25, -0.2) is 4.98 Å². The zero-order valence-electron chi connectivity index (χ0n) is 17.7. The number of nitrogens with zero attached hydrogens (tertiary/aromatic N) is 2. The maximum absolute atomic E-state index is 13.3. The van der Waals surface area contributed by atoms with Crippen molar-refractivity contribution >= 4 is 21.6 Å². The van der Waals surface area contributed by atoms with Crippen LogP contribution in [0.4, 0.5) is 0 Å². The maximum atomic E-state index is 13.3. The van der Waals surface area contributed by atoms with Crippen LogP contribution in [0.5, 0.6) is 11.5 Å². The largest absolute Gasteiger partial charge is 0.454 e. The first-order chi connectivity index (χ1) is 15.0. The molecule has 0 radical (unpaired) electrons. The third-order valence-corrected chi connectivity index (χ3v) is 7.16. The number of aliphatic hydroxyl groups excluding tert-OH is 1. The van der Waals surface area contributed by atoms with Gasteiger partial charge < -0.3 is 19.3 Å². The molecule has 3 heterocycles. The summed E-state index contributed by atoms with van der Waals surface area (Å²) in [4.78, 5) is 20.1. The van der Waals surface area contributed by atoms with Gasteiger partial charge in [-0.1, -0.05) is 13.0 Å². The average molecular weight is 443 g/mol. The SMILES string of the molecule is Cc1nc2sc3c(c2c(=O)n1C[C@H](O)COCc1ccc2c(c1)OCO2)CC[C@@H](C)C3. The van der Waals surface area contributed by atoms with E-state index in [2.05, 4.69) is 11.9 Å². The molecule has 0 spiro atoms. The molecule has 0 saturated carbocycles. The standard InChI is InChI=1S/C23H26N2O5S/c1-13-3-5-17-20(7-13)31-22-21(17)23(27)25(14(2)24-22)9-16(26)11-28-10-15-4-6-18-19(8-15)30-12-29-18/h4,6,8,13,16,26H,3,5,7,9-12H2,1-2H3/t13-,16+/m1/s1. The number of ether oxygens (including phenoxy) is 3. The molecule has 31 heavy (non-hydrogen) atoms. The topological polar surface area (TPSA) is 82.8 Å². The van der Waals surface area contributed by atoms with Crippen molar-refractivity contribution in [2.45, 2.75) is 52.4 Å². The molecule has 1 N–H and O–H groups in total. The molecule has 2 atom stereocenters. The lowest BCUT2D eigenvalue weighted by molar-refractivity contribution is 0.0195. The number of thiophene rings is 1. The molecule has 164 valence electrons. The van der Waals surface area contributed by atoms with Crippen LogP contribution in [0.1, 0.15) is 35.2 Å². The summed E-state index contributed by atoms with van der Waals surface area (Å²) >= 11 is 1.65. The number of fused-ring (bicyclic) bond motifs is 4. The number of aliphatic hydroxyl groups is 1. The van der Waals surface area contributed by atoms with Crippen molar-refractivity contribution in [2.75, 3.05) is 13.4 Å². The highest BCUT2D eigenvalue weighted by Crippen LogP contribution is 2.36. The number of aromatic nitrogens is 2. The van der Waals surface area contributed by atoms with Crippen molar-refractivity contribution in [1.82, 2.24) is 9.55 Å². The van der Waals surface area contributed by atoms with Gasteiger partial charge in [0.2, 0.25) is 6.79 Å². The summed E-state index contributed by atoms with van der Waals surface area (Å²) in [6.45, 7) is 4.94. The van der Waals surface area contributed by atoms with E-state index < -0.39 is 6.10 Å². The first-order valence-electron chi connectivity index (χ1n) is 10.7. The molecule has 0 bridgehead atoms. The Morgan fingerprint density at radius 1 is 1.35 bits per heavy atom. The zero-order chi connectivity index (χ0) is 21.5. The quantitative estimate of drug-likeness (QED) is 0.631. The molecular weight excluding hydrogens is 416 g/mol. The summed E-state index contributed by atoms with van der Waals surface area (Å²) < 4.78 is 18.0. The molecule has 2 aliphatic rings. The third kappa shape index (κ3) is 3.95. The minimum absolute atomic E-state index is 0.0515. The zero-order valence-corrected chi connectivity index (χ0v) is 18.5. The van der Waals surface area contributed by atoms with E-state index >= 15 is 0 Å². The monoisotopic (exact) mass is 442 g/mol. The molecular formula is C23H26N2O5S. The fraction of sp³-hybridized carbons (Fsp3) is 0.478. The Balaban J connectivity index is 1.28. The Labute approximate surface area is 184 Å². The van der Waals surface area contributed by atoms with Crippen molar-refractivity contribution < 1.29 is 19.3 Å². The molecule has 0 amide bonds. The summed E-state index contributed by atoms with van der Waals surface area (Å²) in [5.41, 5.74) is 2.05. The highest BCUT2D eigenvalue weighted by atomic mass is 32.1. The van der Waals surface area contributed by atoms with Crippen LogP contribution in [0.3, 0.4) is 0 Å². The molecule has 0 saturated heterocycles. The molecule has 8 heteroatoms. The molecule has 7 nitrogen and oxygen atoms in total. The Morgan fingerprint density at radius 2 is 2.19 bits per heavy atom. The van der Waals surface area contributed by atoms with Gasteiger partial charge in [-0.05, 0) is 55.4 Å². The molecule has 0 fully saturated rings. The van der Waals surface area contributed by atoms with Gasteiger partial charge in [-0.3, -0.25) is 9.36 Å². The number of rotatable bonds is 6. The highest BCUT2D eigenvalue weighted by Gasteiger charge is 2.24. The fourth-order valence-corrected chi connectivity index (χ4v) is 5.77. The molecule has 1 aliphatic heterocycles. The third-order valence-electron chi connectivity index (χ3n) is 6.02. The second-order valence-corrected chi connectivity index (χ2v) is 9.55. The first-order valence-corrected chi connectivity index (χ1v) is 11.5. The van der Waals surface area contributed by atoms with Crippen LogP contribution < -0.4 is 15.0 Å². The summed E-state index contributed by atoms with van der Waals surface area (Å²) in [6.07, 6.45) is 2.24. The van der Waals surface area contributed by atoms with Gasteiger partial charge in [0.25, 0.3) is 5.56 Å². The number of hydrogen-bond donors (Lipinski definition) is 1. The summed E-state index contributed by atoms with van der Waals surface area (Å²) in [5.74, 6) is 2.70. The van der Waals surface area contributed by atoms with Gasteiger partial charge in [-0.15, -0.1) is 11.3 Å². The molecule has 3 aromatic rings. The summed E-state index contributed by atoms with van der Waals surface area (Å²) in [7, 11) is 0. The normalized spacial score (nSPS) is 18.4. The highest BCUT2D eigenvalue weighted by molar-refractivity contribution is 7.18. The predicted molar refractivity (Wildman–Crippen MR) is 118 cm³/mol. The fourth-order valence-electron chi connectivity index (χ4n) is 4.35. The summed E-state index contributed by atoms with van der Waals surface area (Å²) in [6, 6.07) is 5.64. The average Bonchev–Trinajstić information content (AvgIpc) is 3.34. The molecule has 2 aromatic heterocycles. The van der Waals surface area contributed by atoms with Crippen LogP contribution in [0.2, 0.25) is 0 Å². The van der Waals surface area contributed by atoms with E-state index in [1.165, 1.54) is 4.88 Å². The van der Waals surface area contributed by atoms with Gasteiger partial charge in [0.15, 0.2) is 11.5 Å². The maximum Gasteiger partial charge on any atom is 0.262 e. The van der Waals surface area contributed by atoms with Crippen LogP contribution in [-0.2, 0) is 30.7 Å². The van der Waals surface area contributed by atoms with Crippen LogP contribution in [0.15, 0.2) is 23.0 Å². The van der Waals surface area contributed by atoms with Crippen LogP contribution >= 0.6 is 11.3 Å². The van der Waals surface area contributed by atoms with Gasteiger partial charge in [0.1, 0.15) is 10.7 Å². The second kappa shape index (κ2) is 8.26. The molecule has 5 rings (SSSR count). The van der Waals surface area contributed by atoms with Gasteiger partial charge in [-0.2, -0.15) is 0 Å². The van der Waals surface area contributed by atoms with Gasteiger partial charge >= 0.3 is 0 Å². The number of aryl methyl sites for hydroxylation is 2. The Bertz CT molecular complexity index is 1180. The van der Waals surface area contributed by atoms with E-state index in [4.69, 9.17) is 14.2 Å². The van der Waals surface area contributed by atoms with E-state index in [0.717, 1.165) is 46.4 Å². The lowest BCUT2D eigenvalue weighted by atomic mass is 9.89. The lowest BCUT2D eigenvalue weighted by Gasteiger charge is -2.18. The van der Waals surface area contributed by atoms with Crippen molar-refractivity contribution in [3.05, 3.63) is 50.4 Å². The van der Waals surface area contributed by atoms with Crippen LogP contribution in [-0.4, -0.2) is 34.2 Å². The Hall–Kier alpha value is -2.42. The summed E-state index contributed by atoms with van der Waals surface area (Å²) in [5, 5.41) is 11.3. The van der Waals surface area contributed by atoms with E-state index in [-0.39, 0.29) is 25.5 Å². The minimum atomic E-state index is -0.806. The van der Waals surface area contributed by atoms with Crippen molar-refractivity contribution in [3.8, 4) is 11.5 Å². The van der Waals surface area contributed by atoms with E-state index in [1.807, 2.05) is 25.1 Å². The van der Waals surface area contributed by atoms with Gasteiger partial charge in [0, 0.05) is 4.88 Å². The molecule has 1 aromatic carbocycles. The van der Waals surface area contributed by atoms with E-state index in [0.29, 0.717) is 24.1 Å². The Morgan fingerprint density at radius 3 is 3.06 bits per heavy atom. The number of hydrogen-bond acceptors (Lipinski definition) is 7. The molecule has 1 aliphatic carbocycles. The number of benzene rings is 1. The van der Waals surface area contributed by atoms with Gasteiger partial charge in [0.05, 0.1) is 31.2 Å². The Kier molecular flexibility index (Phi) is 5.45. The van der Waals surface area contributed by atoms with Crippen LogP contribution in [0, 0.1) is 12.8 Å². The van der Waals surface area contributed by atoms with Crippen molar-refractivity contribution in [3.63, 3.8) is 0 Å². The van der Waals surface area contributed by atoms with Crippen molar-refractivity contribution in [1.29, 1.82) is 0 Å². The van der Waals surface area contributed by atoms with E-state index in [1.54, 1.807) is 15.9 Å². The lowest BCUT2D eigenvalue weighted by Crippen LogP contribution is -2.31. The first kappa shape index (κ1) is 20.5. The molecule has 0 unspecified atom stereocenters. The smallest absolute Gasteiger partial charge is 0.262 e.